The lowest BCUT2D eigenvalue weighted by molar-refractivity contribution is 0.0901. The van der Waals surface area contributed by atoms with Crippen molar-refractivity contribution in [2.75, 3.05) is 6.54 Å². The summed E-state index contributed by atoms with van der Waals surface area (Å²) in [6.07, 6.45) is 2.19. The molecule has 142 valence electrons. The predicted molar refractivity (Wildman–Crippen MR) is 102 cm³/mol. The summed E-state index contributed by atoms with van der Waals surface area (Å²) in [4.78, 5) is 12.8. The third-order valence-corrected chi connectivity index (χ3v) is 4.28. The van der Waals surface area contributed by atoms with Gasteiger partial charge in [-0.3, -0.25) is 4.79 Å². The first-order valence-corrected chi connectivity index (χ1v) is 8.83. The van der Waals surface area contributed by atoms with Gasteiger partial charge in [-0.1, -0.05) is 18.2 Å². The number of aliphatic hydroxyl groups is 1. The maximum atomic E-state index is 12.8. The lowest BCUT2D eigenvalue weighted by Crippen LogP contribution is -2.28. The van der Waals surface area contributed by atoms with Crippen LogP contribution in [0.2, 0.25) is 0 Å². The zero-order chi connectivity index (χ0) is 19.5. The van der Waals surface area contributed by atoms with Gasteiger partial charge in [0.2, 0.25) is 0 Å². The molecule has 1 aromatic carbocycles. The highest BCUT2D eigenvalue weighted by molar-refractivity contribution is 5.99. The number of aryl methyl sites for hydroxylation is 1. The van der Waals surface area contributed by atoms with Gasteiger partial charge in [-0.2, -0.15) is 5.10 Å². The van der Waals surface area contributed by atoms with Gasteiger partial charge in [0, 0.05) is 6.20 Å². The van der Waals surface area contributed by atoms with Crippen molar-refractivity contribution in [2.45, 2.75) is 13.0 Å². The molecule has 4 aromatic rings. The van der Waals surface area contributed by atoms with E-state index in [1.165, 1.54) is 6.26 Å². The van der Waals surface area contributed by atoms with Gasteiger partial charge in [0.1, 0.15) is 23.3 Å². The van der Waals surface area contributed by atoms with E-state index in [4.69, 9.17) is 8.83 Å². The number of amides is 1. The standard InChI is InChI=1S/C21H19N3O4/c1-14-9-10-19(28-14)20-16(13-24(23-20)15-6-3-2-4-7-15)21(26)22-12-17(25)18-8-5-11-27-18/h2-11,13,17,25H,12H2,1H3,(H,22,26). The Bertz CT molecular complexity index is 1060. The minimum Gasteiger partial charge on any atom is -0.467 e. The van der Waals surface area contributed by atoms with Gasteiger partial charge < -0.3 is 19.3 Å². The van der Waals surface area contributed by atoms with Crippen molar-refractivity contribution in [3.05, 3.63) is 84.1 Å². The van der Waals surface area contributed by atoms with Crippen LogP contribution in [0.25, 0.3) is 17.1 Å². The summed E-state index contributed by atoms with van der Waals surface area (Å²) in [5.74, 6) is 1.26. The van der Waals surface area contributed by atoms with E-state index in [-0.39, 0.29) is 12.5 Å². The molecule has 1 amide bonds. The van der Waals surface area contributed by atoms with E-state index in [0.29, 0.717) is 22.8 Å². The van der Waals surface area contributed by atoms with Crippen molar-refractivity contribution in [3.8, 4) is 17.1 Å². The van der Waals surface area contributed by atoms with Crippen LogP contribution in [0.4, 0.5) is 0 Å². The Morgan fingerprint density at radius 2 is 2.00 bits per heavy atom. The number of hydrogen-bond acceptors (Lipinski definition) is 5. The number of aliphatic hydroxyl groups excluding tert-OH is 1. The first kappa shape index (κ1) is 17.8. The second-order valence-corrected chi connectivity index (χ2v) is 6.32. The summed E-state index contributed by atoms with van der Waals surface area (Å²) in [7, 11) is 0. The van der Waals surface area contributed by atoms with E-state index in [0.717, 1.165) is 11.4 Å². The molecule has 0 bridgehead atoms. The molecule has 0 radical (unpaired) electrons. The van der Waals surface area contributed by atoms with E-state index >= 15 is 0 Å². The molecule has 0 aliphatic rings. The van der Waals surface area contributed by atoms with Crippen LogP contribution in [0.5, 0.6) is 0 Å². The Morgan fingerprint density at radius 1 is 1.18 bits per heavy atom. The van der Waals surface area contributed by atoms with Crippen molar-refractivity contribution < 1.29 is 18.7 Å². The number of furan rings is 2. The average Bonchev–Trinajstić information content (AvgIpc) is 3.46. The predicted octanol–water partition coefficient (Wildman–Crippen LogP) is 3.50. The molecule has 28 heavy (non-hydrogen) atoms. The minimum absolute atomic E-state index is 0.0134. The third kappa shape index (κ3) is 3.60. The molecule has 0 aliphatic carbocycles. The molecule has 1 unspecified atom stereocenters. The molecule has 2 N–H and O–H groups in total. The van der Waals surface area contributed by atoms with Gasteiger partial charge in [-0.25, -0.2) is 4.68 Å². The largest absolute Gasteiger partial charge is 0.467 e. The molecular weight excluding hydrogens is 358 g/mol. The van der Waals surface area contributed by atoms with Crippen LogP contribution in [0.1, 0.15) is 28.0 Å². The summed E-state index contributed by atoms with van der Waals surface area (Å²) < 4.78 is 12.5. The molecule has 3 aromatic heterocycles. The molecule has 0 spiro atoms. The molecule has 0 fully saturated rings. The Balaban J connectivity index is 1.62. The SMILES string of the molecule is Cc1ccc(-c2nn(-c3ccccc3)cc2C(=O)NCC(O)c2ccco2)o1. The fraction of sp³-hybridized carbons (Fsp3) is 0.143. The van der Waals surface area contributed by atoms with Gasteiger partial charge in [-0.15, -0.1) is 0 Å². The van der Waals surface area contributed by atoms with Crippen LogP contribution in [-0.4, -0.2) is 27.3 Å². The monoisotopic (exact) mass is 377 g/mol. The first-order valence-electron chi connectivity index (χ1n) is 8.83. The number of para-hydroxylation sites is 1. The van der Waals surface area contributed by atoms with Crippen LogP contribution in [-0.2, 0) is 0 Å². The second-order valence-electron chi connectivity index (χ2n) is 6.32. The van der Waals surface area contributed by atoms with Crippen molar-refractivity contribution >= 4 is 5.91 Å². The molecular formula is C21H19N3O4. The smallest absolute Gasteiger partial charge is 0.255 e. The summed E-state index contributed by atoms with van der Waals surface area (Å²) in [6, 6.07) is 16.4. The zero-order valence-electron chi connectivity index (χ0n) is 15.2. The van der Waals surface area contributed by atoms with Crippen LogP contribution in [0.3, 0.4) is 0 Å². The van der Waals surface area contributed by atoms with E-state index in [9.17, 15) is 9.90 Å². The number of nitrogens with one attached hydrogen (secondary N) is 1. The normalized spacial score (nSPS) is 12.1. The number of carbonyl (C=O) groups excluding carboxylic acids is 1. The molecule has 7 heteroatoms. The number of carbonyl (C=O) groups is 1. The van der Waals surface area contributed by atoms with Gasteiger partial charge in [0.25, 0.3) is 5.91 Å². The molecule has 0 saturated heterocycles. The van der Waals surface area contributed by atoms with Gasteiger partial charge in [0.15, 0.2) is 5.76 Å². The summed E-state index contributed by atoms with van der Waals surface area (Å²) in [6.45, 7) is 1.84. The first-order chi connectivity index (χ1) is 13.6. The minimum atomic E-state index is -0.933. The van der Waals surface area contributed by atoms with Gasteiger partial charge in [-0.05, 0) is 43.3 Å². The van der Waals surface area contributed by atoms with Gasteiger partial charge in [0.05, 0.1) is 24.1 Å². The Kier molecular flexibility index (Phi) is 4.82. The lowest BCUT2D eigenvalue weighted by Gasteiger charge is -2.09. The quantitative estimate of drug-likeness (QED) is 0.536. The molecule has 0 aliphatic heterocycles. The topological polar surface area (TPSA) is 93.4 Å². The maximum absolute atomic E-state index is 12.8. The van der Waals surface area contributed by atoms with Crippen LogP contribution in [0, 0.1) is 6.92 Å². The summed E-state index contributed by atoms with van der Waals surface area (Å²) in [5, 5.41) is 17.4. The zero-order valence-corrected chi connectivity index (χ0v) is 15.2. The number of benzene rings is 1. The molecule has 7 nitrogen and oxygen atoms in total. The molecule has 4 rings (SSSR count). The average molecular weight is 377 g/mol. The fourth-order valence-corrected chi connectivity index (χ4v) is 2.86. The van der Waals surface area contributed by atoms with E-state index in [2.05, 4.69) is 10.4 Å². The second kappa shape index (κ2) is 7.58. The fourth-order valence-electron chi connectivity index (χ4n) is 2.86. The molecule has 0 saturated carbocycles. The van der Waals surface area contributed by atoms with Crippen molar-refractivity contribution in [3.63, 3.8) is 0 Å². The summed E-state index contributed by atoms with van der Waals surface area (Å²) in [5.41, 5.74) is 1.61. The van der Waals surface area contributed by atoms with Crippen molar-refractivity contribution in [1.82, 2.24) is 15.1 Å². The number of hydrogen-bond donors (Lipinski definition) is 2. The van der Waals surface area contributed by atoms with Crippen LogP contribution < -0.4 is 5.32 Å². The number of rotatable bonds is 6. The molecule has 3 heterocycles. The van der Waals surface area contributed by atoms with Crippen LogP contribution in [0.15, 0.2) is 75.9 Å². The maximum Gasteiger partial charge on any atom is 0.255 e. The third-order valence-electron chi connectivity index (χ3n) is 4.28. The Hall–Kier alpha value is -3.58. The van der Waals surface area contributed by atoms with E-state index in [1.807, 2.05) is 43.3 Å². The highest BCUT2D eigenvalue weighted by Crippen LogP contribution is 2.26. The number of nitrogens with zero attached hydrogens (tertiary/aromatic N) is 2. The number of aromatic nitrogens is 2. The van der Waals surface area contributed by atoms with Crippen molar-refractivity contribution in [2.24, 2.45) is 0 Å². The van der Waals surface area contributed by atoms with Crippen molar-refractivity contribution in [1.29, 1.82) is 0 Å². The Labute approximate surface area is 161 Å². The summed E-state index contributed by atoms with van der Waals surface area (Å²) >= 11 is 0. The van der Waals surface area contributed by atoms with E-state index < -0.39 is 6.10 Å². The Morgan fingerprint density at radius 3 is 2.68 bits per heavy atom. The van der Waals surface area contributed by atoms with Gasteiger partial charge >= 0.3 is 0 Å². The highest BCUT2D eigenvalue weighted by Gasteiger charge is 2.22. The highest BCUT2D eigenvalue weighted by atomic mass is 16.4. The lowest BCUT2D eigenvalue weighted by atomic mass is 10.2. The van der Waals surface area contributed by atoms with Crippen LogP contribution >= 0.6 is 0 Å². The molecule has 1 atom stereocenters. The van der Waals surface area contributed by atoms with E-state index in [1.54, 1.807) is 29.1 Å².